The van der Waals surface area contributed by atoms with Crippen LogP contribution >= 0.6 is 0 Å². The molecule has 4 rings (SSSR count). The van der Waals surface area contributed by atoms with Gasteiger partial charge >= 0.3 is 6.18 Å². The summed E-state index contributed by atoms with van der Waals surface area (Å²) in [6, 6.07) is 5.73. The third-order valence-corrected chi connectivity index (χ3v) is 7.87. The molecular formula is C29H32F6O. The van der Waals surface area contributed by atoms with Gasteiger partial charge in [0, 0.05) is 23.3 Å². The Bertz CT molecular complexity index is 1040. The number of alkyl halides is 3. The van der Waals surface area contributed by atoms with Gasteiger partial charge in [-0.15, -0.1) is 0 Å². The van der Waals surface area contributed by atoms with Crippen LogP contribution in [0.1, 0.15) is 63.9 Å². The quantitative estimate of drug-likeness (QED) is 0.352. The van der Waals surface area contributed by atoms with E-state index in [9.17, 15) is 26.3 Å². The van der Waals surface area contributed by atoms with Crippen LogP contribution in [0.15, 0.2) is 36.4 Å². The second kappa shape index (κ2) is 11.3. The van der Waals surface area contributed by atoms with Crippen molar-refractivity contribution in [3.63, 3.8) is 0 Å². The topological polar surface area (TPSA) is 9.23 Å². The molecule has 36 heavy (non-hydrogen) atoms. The van der Waals surface area contributed by atoms with Gasteiger partial charge in [-0.3, -0.25) is 0 Å². The van der Waals surface area contributed by atoms with Crippen LogP contribution in [0.25, 0.3) is 17.2 Å². The maximum Gasteiger partial charge on any atom is 0.409 e. The summed E-state index contributed by atoms with van der Waals surface area (Å²) in [4.78, 5) is 0. The van der Waals surface area contributed by atoms with E-state index in [1.807, 2.05) is 0 Å². The Morgan fingerprint density at radius 3 is 1.94 bits per heavy atom. The van der Waals surface area contributed by atoms with E-state index in [0.29, 0.717) is 24.4 Å². The summed E-state index contributed by atoms with van der Waals surface area (Å²) in [7, 11) is 0. The zero-order valence-corrected chi connectivity index (χ0v) is 20.4. The predicted molar refractivity (Wildman–Crippen MR) is 129 cm³/mol. The smallest absolute Gasteiger partial charge is 0.409 e. The number of halogens is 6. The van der Waals surface area contributed by atoms with Crippen LogP contribution in [-0.2, 0) is 0 Å². The highest BCUT2D eigenvalue weighted by Gasteiger charge is 2.30. The number of benzene rings is 2. The summed E-state index contributed by atoms with van der Waals surface area (Å²) in [5.74, 6) is 0.149. The lowest BCUT2D eigenvalue weighted by atomic mass is 9.69. The highest BCUT2D eigenvalue weighted by molar-refractivity contribution is 5.68. The third-order valence-electron chi connectivity index (χ3n) is 7.87. The van der Waals surface area contributed by atoms with Crippen molar-refractivity contribution in [1.29, 1.82) is 0 Å². The molecule has 0 amide bonds. The molecule has 2 fully saturated rings. The van der Waals surface area contributed by atoms with Crippen LogP contribution in [-0.4, -0.2) is 12.8 Å². The normalized spacial score (nSPS) is 25.3. The lowest BCUT2D eigenvalue weighted by molar-refractivity contribution is -0.0790. The number of ether oxygens (including phenoxy) is 1. The summed E-state index contributed by atoms with van der Waals surface area (Å²) in [5.41, 5.74) is -0.994. The first-order valence-corrected chi connectivity index (χ1v) is 12.8. The van der Waals surface area contributed by atoms with Crippen molar-refractivity contribution in [3.8, 4) is 16.9 Å². The number of hydrogen-bond donors (Lipinski definition) is 0. The molecule has 1 nitrogen and oxygen atoms in total. The summed E-state index contributed by atoms with van der Waals surface area (Å²) < 4.78 is 86.1. The fourth-order valence-electron chi connectivity index (χ4n) is 5.69. The van der Waals surface area contributed by atoms with Crippen LogP contribution in [0.4, 0.5) is 26.3 Å². The molecule has 0 saturated heterocycles. The molecule has 2 aromatic rings. The van der Waals surface area contributed by atoms with Gasteiger partial charge in [0.05, 0.1) is 6.61 Å². The fraction of sp³-hybridized carbons (Fsp3) is 0.517. The van der Waals surface area contributed by atoms with Gasteiger partial charge in [-0.05, 0) is 98.1 Å². The molecule has 0 aromatic heterocycles. The van der Waals surface area contributed by atoms with Crippen molar-refractivity contribution in [2.75, 3.05) is 6.61 Å². The molecule has 0 heterocycles. The van der Waals surface area contributed by atoms with E-state index in [1.165, 1.54) is 50.7 Å². The number of allylic oxidation sites excluding steroid dienone is 1. The Kier molecular flexibility index (Phi) is 8.36. The molecule has 7 heteroatoms. The zero-order valence-electron chi connectivity index (χ0n) is 20.4. The highest BCUT2D eigenvalue weighted by atomic mass is 19.4. The predicted octanol–water partition coefficient (Wildman–Crippen LogP) is 9.36. The Morgan fingerprint density at radius 2 is 1.39 bits per heavy atom. The molecule has 0 unspecified atom stereocenters. The van der Waals surface area contributed by atoms with Crippen LogP contribution in [0.5, 0.6) is 5.75 Å². The maximum absolute atomic E-state index is 14.8. The van der Waals surface area contributed by atoms with Crippen molar-refractivity contribution in [2.45, 2.75) is 64.5 Å². The van der Waals surface area contributed by atoms with Crippen molar-refractivity contribution < 1.29 is 31.1 Å². The first-order chi connectivity index (χ1) is 17.1. The van der Waals surface area contributed by atoms with Gasteiger partial charge in [-0.1, -0.05) is 19.8 Å². The fourth-order valence-corrected chi connectivity index (χ4v) is 5.69. The SMILES string of the molecule is CC1CCC(C2CCC(COc3ccc(-c4cc(F)c(/C=C/C(F)(F)F)c(F)c4)c(F)c3)CC2)CC1. The molecule has 0 atom stereocenters. The van der Waals surface area contributed by atoms with Crippen LogP contribution in [0, 0.1) is 41.1 Å². The molecule has 0 radical (unpaired) electrons. The molecule has 2 aromatic carbocycles. The average molecular weight is 511 g/mol. The molecule has 0 aliphatic heterocycles. The minimum Gasteiger partial charge on any atom is -0.493 e. The van der Waals surface area contributed by atoms with E-state index in [-0.39, 0.29) is 17.2 Å². The summed E-state index contributed by atoms with van der Waals surface area (Å²) in [6.45, 7) is 2.84. The molecule has 2 aliphatic carbocycles. The van der Waals surface area contributed by atoms with E-state index in [4.69, 9.17) is 4.74 Å². The monoisotopic (exact) mass is 510 g/mol. The first-order valence-electron chi connectivity index (χ1n) is 12.8. The van der Waals surface area contributed by atoms with E-state index >= 15 is 0 Å². The van der Waals surface area contributed by atoms with Gasteiger partial charge in [-0.25, -0.2) is 13.2 Å². The standard InChI is InChI=1S/C29H32F6O/c1-18-2-6-20(7-3-18)21-8-4-19(5-9-21)17-36-23-10-11-24(28(32)16-23)22-14-26(30)25(27(31)15-22)12-13-29(33,34)35/h10-16,18-21H,2-9,17H2,1H3/b13-12+. The van der Waals surface area contributed by atoms with Crippen molar-refractivity contribution >= 4 is 6.08 Å². The Balaban J connectivity index is 1.34. The summed E-state index contributed by atoms with van der Waals surface area (Å²) in [6.07, 6.45) is 5.38. The van der Waals surface area contributed by atoms with E-state index in [1.54, 1.807) is 6.07 Å². The molecule has 0 spiro atoms. The summed E-state index contributed by atoms with van der Waals surface area (Å²) >= 11 is 0. The zero-order chi connectivity index (χ0) is 25.9. The van der Waals surface area contributed by atoms with Crippen LogP contribution < -0.4 is 4.74 Å². The second-order valence-electron chi connectivity index (χ2n) is 10.5. The lowest BCUT2D eigenvalue weighted by Gasteiger charge is -2.37. The minimum absolute atomic E-state index is 0.0613. The van der Waals surface area contributed by atoms with E-state index in [0.717, 1.165) is 42.7 Å². The van der Waals surface area contributed by atoms with Gasteiger partial charge in [-0.2, -0.15) is 13.2 Å². The van der Waals surface area contributed by atoms with Crippen molar-refractivity contribution in [2.24, 2.45) is 23.7 Å². The van der Waals surface area contributed by atoms with Gasteiger partial charge < -0.3 is 4.74 Å². The molecular weight excluding hydrogens is 478 g/mol. The van der Waals surface area contributed by atoms with Crippen LogP contribution in [0.3, 0.4) is 0 Å². The molecule has 0 N–H and O–H groups in total. The highest BCUT2D eigenvalue weighted by Crippen LogP contribution is 2.41. The lowest BCUT2D eigenvalue weighted by Crippen LogP contribution is -2.27. The van der Waals surface area contributed by atoms with Crippen molar-refractivity contribution in [1.82, 2.24) is 0 Å². The van der Waals surface area contributed by atoms with E-state index < -0.39 is 29.2 Å². The second-order valence-corrected chi connectivity index (χ2v) is 10.5. The minimum atomic E-state index is -4.70. The maximum atomic E-state index is 14.8. The summed E-state index contributed by atoms with van der Waals surface area (Å²) in [5, 5.41) is 0. The van der Waals surface area contributed by atoms with E-state index in [2.05, 4.69) is 6.92 Å². The molecule has 2 saturated carbocycles. The van der Waals surface area contributed by atoms with Gasteiger partial charge in [0.25, 0.3) is 0 Å². The van der Waals surface area contributed by atoms with Crippen molar-refractivity contribution in [3.05, 3.63) is 59.4 Å². The van der Waals surface area contributed by atoms with Crippen LogP contribution in [0.2, 0.25) is 0 Å². The Morgan fingerprint density at radius 1 is 0.806 bits per heavy atom. The van der Waals surface area contributed by atoms with Gasteiger partial charge in [0.2, 0.25) is 0 Å². The molecule has 2 aliphatic rings. The first kappa shape index (κ1) is 26.6. The molecule has 196 valence electrons. The largest absolute Gasteiger partial charge is 0.493 e. The van der Waals surface area contributed by atoms with Gasteiger partial charge in [0.1, 0.15) is 23.2 Å². The van der Waals surface area contributed by atoms with Gasteiger partial charge in [0.15, 0.2) is 0 Å². The third kappa shape index (κ3) is 6.86. The molecule has 0 bridgehead atoms. The number of hydrogen-bond acceptors (Lipinski definition) is 1. The Hall–Kier alpha value is -2.44. The number of rotatable bonds is 6. The Labute approximate surface area is 208 Å². The average Bonchev–Trinajstić information content (AvgIpc) is 2.82.